The maximum atomic E-state index is 11.9. The predicted molar refractivity (Wildman–Crippen MR) is 77.8 cm³/mol. The number of cyclic esters (lactones) is 1. The Hall–Kier alpha value is -1.40. The summed E-state index contributed by atoms with van der Waals surface area (Å²) in [5.41, 5.74) is -0.350. The largest absolute Gasteiger partial charge is 0.481 e. The van der Waals surface area contributed by atoms with Crippen LogP contribution in [0.15, 0.2) is 6.07 Å². The van der Waals surface area contributed by atoms with E-state index in [4.69, 9.17) is 9.47 Å². The second-order valence-electron chi connectivity index (χ2n) is 6.08. The molecule has 1 aromatic rings. The van der Waals surface area contributed by atoms with Crippen LogP contribution in [0.3, 0.4) is 0 Å². The molecule has 2 rings (SSSR count). The molecular weight excluding hydrogens is 274 g/mol. The van der Waals surface area contributed by atoms with Gasteiger partial charge in [-0.25, -0.2) is 9.78 Å². The quantitative estimate of drug-likeness (QED) is 0.672. The highest BCUT2D eigenvalue weighted by molar-refractivity contribution is 6.88. The van der Waals surface area contributed by atoms with Crippen molar-refractivity contribution in [3.05, 3.63) is 17.2 Å². The number of aliphatic hydroxyl groups is 1. The summed E-state index contributed by atoms with van der Waals surface area (Å²) >= 11 is 0. The van der Waals surface area contributed by atoms with Gasteiger partial charge >= 0.3 is 5.97 Å². The van der Waals surface area contributed by atoms with Gasteiger partial charge in [0.15, 0.2) is 5.60 Å². The van der Waals surface area contributed by atoms with E-state index in [1.165, 1.54) is 7.11 Å². The van der Waals surface area contributed by atoms with E-state index in [-0.39, 0.29) is 13.0 Å². The molecule has 1 aliphatic heterocycles. The minimum absolute atomic E-state index is 0.0959. The van der Waals surface area contributed by atoms with E-state index in [1.807, 2.05) is 6.07 Å². The lowest BCUT2D eigenvalue weighted by molar-refractivity contribution is -0.172. The zero-order valence-electron chi connectivity index (χ0n) is 12.6. The van der Waals surface area contributed by atoms with Crippen LogP contribution < -0.4 is 10.1 Å². The summed E-state index contributed by atoms with van der Waals surface area (Å²) in [5.74, 6) is -0.151. The Morgan fingerprint density at radius 1 is 1.50 bits per heavy atom. The number of carbonyl (C=O) groups excluding carboxylic acids is 1. The number of hydrogen-bond donors (Lipinski definition) is 1. The van der Waals surface area contributed by atoms with Crippen molar-refractivity contribution in [2.45, 2.75) is 45.2 Å². The van der Waals surface area contributed by atoms with E-state index in [0.717, 1.165) is 5.32 Å². The third-order valence-electron chi connectivity index (χ3n) is 3.69. The lowest BCUT2D eigenvalue weighted by Crippen LogP contribution is -2.46. The summed E-state index contributed by atoms with van der Waals surface area (Å²) in [6.07, 6.45) is 0.261. The summed E-state index contributed by atoms with van der Waals surface area (Å²) < 4.78 is 10.4. The second kappa shape index (κ2) is 4.86. The van der Waals surface area contributed by atoms with Crippen molar-refractivity contribution in [2.75, 3.05) is 7.11 Å². The zero-order valence-corrected chi connectivity index (χ0v) is 13.6. The van der Waals surface area contributed by atoms with E-state index < -0.39 is 19.6 Å². The van der Waals surface area contributed by atoms with Gasteiger partial charge in [0.25, 0.3) is 0 Å². The average molecular weight is 295 g/mol. The second-order valence-corrected chi connectivity index (χ2v) is 11.1. The third-order valence-corrected chi connectivity index (χ3v) is 5.48. The summed E-state index contributed by atoms with van der Waals surface area (Å²) in [6, 6.07) is 1.86. The predicted octanol–water partition coefficient (Wildman–Crippen LogP) is 1.29. The van der Waals surface area contributed by atoms with E-state index in [1.54, 1.807) is 6.92 Å². The van der Waals surface area contributed by atoms with Crippen LogP contribution in [0.5, 0.6) is 5.88 Å². The van der Waals surface area contributed by atoms with Crippen molar-refractivity contribution in [2.24, 2.45) is 0 Å². The molecule has 2 heterocycles. The first-order valence-electron chi connectivity index (χ1n) is 6.72. The van der Waals surface area contributed by atoms with Crippen LogP contribution in [0.25, 0.3) is 0 Å². The molecule has 0 spiro atoms. The lowest BCUT2D eigenvalue weighted by Gasteiger charge is -2.33. The van der Waals surface area contributed by atoms with E-state index in [9.17, 15) is 9.90 Å². The molecule has 0 radical (unpaired) electrons. The van der Waals surface area contributed by atoms with Crippen molar-refractivity contribution in [3.63, 3.8) is 0 Å². The number of rotatable bonds is 3. The Labute approximate surface area is 119 Å². The highest BCUT2D eigenvalue weighted by Gasteiger charge is 2.45. The molecule has 0 bridgehead atoms. The summed E-state index contributed by atoms with van der Waals surface area (Å²) in [7, 11) is -0.152. The van der Waals surface area contributed by atoms with Gasteiger partial charge in [0.2, 0.25) is 5.88 Å². The molecule has 5 nitrogen and oxygen atoms in total. The maximum absolute atomic E-state index is 11.9. The Balaban J connectivity index is 2.73. The minimum atomic E-state index is -1.69. The number of aromatic nitrogens is 1. The highest BCUT2D eigenvalue weighted by atomic mass is 28.3. The van der Waals surface area contributed by atoms with Crippen molar-refractivity contribution >= 4 is 19.4 Å². The third kappa shape index (κ3) is 2.23. The van der Waals surface area contributed by atoms with Gasteiger partial charge in [-0.15, -0.1) is 0 Å². The van der Waals surface area contributed by atoms with Gasteiger partial charge in [0, 0.05) is 10.9 Å². The molecule has 0 amide bonds. The smallest absolute Gasteiger partial charge is 0.343 e. The Morgan fingerprint density at radius 3 is 2.65 bits per heavy atom. The molecule has 20 heavy (non-hydrogen) atoms. The molecule has 1 atom stereocenters. The Bertz CT molecular complexity index is 553. The highest BCUT2D eigenvalue weighted by Crippen LogP contribution is 2.37. The van der Waals surface area contributed by atoms with Crippen molar-refractivity contribution < 1.29 is 19.4 Å². The van der Waals surface area contributed by atoms with Crippen LogP contribution >= 0.6 is 0 Å². The number of fused-ring (bicyclic) bond motifs is 1. The van der Waals surface area contributed by atoms with Crippen LogP contribution in [-0.2, 0) is 21.7 Å². The fourth-order valence-corrected chi connectivity index (χ4v) is 3.33. The van der Waals surface area contributed by atoms with Crippen LogP contribution in [0.2, 0.25) is 19.6 Å². The van der Waals surface area contributed by atoms with Gasteiger partial charge in [-0.05, 0) is 12.5 Å². The van der Waals surface area contributed by atoms with Crippen LogP contribution in [0.4, 0.5) is 0 Å². The zero-order chi connectivity index (χ0) is 15.1. The maximum Gasteiger partial charge on any atom is 0.343 e. The molecule has 1 unspecified atom stereocenters. The Morgan fingerprint density at radius 2 is 2.15 bits per heavy atom. The first-order chi connectivity index (χ1) is 9.24. The molecule has 6 heteroatoms. The molecule has 0 aliphatic carbocycles. The fraction of sp³-hybridized carbons (Fsp3) is 0.571. The van der Waals surface area contributed by atoms with Gasteiger partial charge in [-0.2, -0.15) is 0 Å². The van der Waals surface area contributed by atoms with Gasteiger partial charge in [0.1, 0.15) is 14.7 Å². The number of hydrogen-bond acceptors (Lipinski definition) is 5. The fourth-order valence-electron chi connectivity index (χ4n) is 2.31. The number of ether oxygens (including phenoxy) is 2. The van der Waals surface area contributed by atoms with E-state index in [0.29, 0.717) is 17.0 Å². The number of pyridine rings is 1. The van der Waals surface area contributed by atoms with Gasteiger partial charge in [-0.1, -0.05) is 26.6 Å². The van der Waals surface area contributed by atoms with Crippen molar-refractivity contribution in [1.29, 1.82) is 0 Å². The normalized spacial score (nSPS) is 22.2. The number of esters is 1. The van der Waals surface area contributed by atoms with Crippen molar-refractivity contribution in [1.82, 2.24) is 4.98 Å². The molecule has 0 saturated heterocycles. The molecule has 1 N–H and O–H groups in total. The number of methoxy groups -OCH3 is 1. The topological polar surface area (TPSA) is 68.7 Å². The van der Waals surface area contributed by atoms with Crippen LogP contribution in [-0.4, -0.2) is 31.2 Å². The van der Waals surface area contributed by atoms with Gasteiger partial charge in [-0.3, -0.25) is 0 Å². The van der Waals surface area contributed by atoms with E-state index >= 15 is 0 Å². The van der Waals surface area contributed by atoms with Crippen LogP contribution in [0, 0.1) is 0 Å². The summed E-state index contributed by atoms with van der Waals surface area (Å²) in [4.78, 5) is 16.5. The molecule has 0 fully saturated rings. The summed E-state index contributed by atoms with van der Waals surface area (Å²) in [5, 5.41) is 11.6. The van der Waals surface area contributed by atoms with Gasteiger partial charge < -0.3 is 14.6 Å². The Kier molecular flexibility index (Phi) is 3.64. The molecule has 0 saturated carbocycles. The standard InChI is InChI=1S/C14H21NO4Si/c1-6-14(17)10-7-11(20(3,4)5)15-12(18-2)9(10)8-19-13(14)16/h7,17H,6,8H2,1-5H3. The average Bonchev–Trinajstić information content (AvgIpc) is 2.40. The van der Waals surface area contributed by atoms with Crippen LogP contribution in [0.1, 0.15) is 24.5 Å². The van der Waals surface area contributed by atoms with Gasteiger partial charge in [0.05, 0.1) is 12.7 Å². The molecule has 1 aromatic heterocycles. The lowest BCUT2D eigenvalue weighted by atomic mass is 9.87. The first-order valence-corrected chi connectivity index (χ1v) is 10.2. The molecule has 110 valence electrons. The molecule has 1 aliphatic rings. The number of nitrogens with zero attached hydrogens (tertiary/aromatic N) is 1. The summed E-state index contributed by atoms with van der Waals surface area (Å²) in [6.45, 7) is 8.34. The van der Waals surface area contributed by atoms with Crippen molar-refractivity contribution in [3.8, 4) is 5.88 Å². The first kappa shape index (κ1) is 15.0. The number of carbonyl (C=O) groups is 1. The molecule has 0 aromatic carbocycles. The minimum Gasteiger partial charge on any atom is -0.481 e. The molecular formula is C14H21NO4Si. The SMILES string of the molecule is CCC1(O)C(=O)OCc2c1cc([Si](C)(C)C)nc2OC. The monoisotopic (exact) mass is 295 g/mol. The van der Waals surface area contributed by atoms with E-state index in [2.05, 4.69) is 24.6 Å².